The summed E-state index contributed by atoms with van der Waals surface area (Å²) >= 11 is 0. The highest BCUT2D eigenvalue weighted by atomic mass is 16.5. The fraction of sp³-hybridized carbons (Fsp3) is 0.409. The minimum absolute atomic E-state index is 0.0611. The zero-order valence-electron chi connectivity index (χ0n) is 15.8. The maximum Gasteiger partial charge on any atom is 0.335 e. The summed E-state index contributed by atoms with van der Waals surface area (Å²) in [7, 11) is 0. The van der Waals surface area contributed by atoms with Gasteiger partial charge in [0.2, 0.25) is 0 Å². The average molecular weight is 356 g/mol. The van der Waals surface area contributed by atoms with Crippen LogP contribution < -0.4 is 4.74 Å². The lowest BCUT2D eigenvalue weighted by Crippen LogP contribution is -2.25. The second kappa shape index (κ2) is 8.75. The van der Waals surface area contributed by atoms with E-state index in [0.29, 0.717) is 17.7 Å². The summed E-state index contributed by atoms with van der Waals surface area (Å²) in [4.78, 5) is 11.1. The van der Waals surface area contributed by atoms with Crippen LogP contribution in [0, 0.1) is 0 Å². The predicted molar refractivity (Wildman–Crippen MR) is 104 cm³/mol. The molecule has 1 aliphatic rings. The van der Waals surface area contributed by atoms with Crippen LogP contribution in [0.2, 0.25) is 0 Å². The Morgan fingerprint density at radius 1 is 1.27 bits per heavy atom. The van der Waals surface area contributed by atoms with E-state index in [2.05, 4.69) is 39.5 Å². The van der Waals surface area contributed by atoms with Gasteiger partial charge in [-0.2, -0.15) is 0 Å². The van der Waals surface area contributed by atoms with E-state index in [4.69, 9.17) is 9.84 Å². The number of carboxylic acids is 1. The van der Waals surface area contributed by atoms with E-state index in [1.807, 2.05) is 0 Å². The van der Waals surface area contributed by atoms with E-state index >= 15 is 0 Å². The largest absolute Gasteiger partial charge is 0.504 e. The van der Waals surface area contributed by atoms with Gasteiger partial charge in [0, 0.05) is 12.0 Å². The average Bonchev–Trinajstić information content (AvgIpc) is 2.55. The molecule has 140 valence electrons. The number of aromatic hydroxyl groups is 1. The number of hydrogen-bond acceptors (Lipinski definition) is 3. The van der Waals surface area contributed by atoms with Gasteiger partial charge in [0.25, 0.3) is 0 Å². The summed E-state index contributed by atoms with van der Waals surface area (Å²) < 4.78 is 5.92. The van der Waals surface area contributed by atoms with Crippen molar-refractivity contribution in [3.05, 3.63) is 58.7 Å². The quantitative estimate of drug-likeness (QED) is 0.640. The Labute approximate surface area is 155 Å². The molecule has 2 rings (SSSR count). The van der Waals surface area contributed by atoms with Crippen LogP contribution in [0.1, 0.15) is 62.4 Å². The first-order valence-electron chi connectivity index (χ1n) is 9.00. The Morgan fingerprint density at radius 2 is 2.00 bits per heavy atom. The summed E-state index contributed by atoms with van der Waals surface area (Å²) in [5, 5.41) is 19.2. The number of hydrogen-bond donors (Lipinski definition) is 2. The Kier molecular flexibility index (Phi) is 6.67. The van der Waals surface area contributed by atoms with Crippen molar-refractivity contribution < 1.29 is 19.7 Å². The fourth-order valence-electron chi connectivity index (χ4n) is 3.08. The van der Waals surface area contributed by atoms with Gasteiger partial charge in [-0.3, -0.25) is 0 Å². The monoisotopic (exact) mass is 356 g/mol. The van der Waals surface area contributed by atoms with E-state index in [1.54, 1.807) is 6.07 Å². The van der Waals surface area contributed by atoms with Gasteiger partial charge in [-0.25, -0.2) is 4.79 Å². The summed E-state index contributed by atoms with van der Waals surface area (Å²) in [5.41, 5.74) is 4.35. The zero-order valence-corrected chi connectivity index (χ0v) is 15.8. The molecule has 1 aromatic carbocycles. The van der Waals surface area contributed by atoms with E-state index in [9.17, 15) is 9.90 Å². The maximum atomic E-state index is 11.1. The molecule has 4 nitrogen and oxygen atoms in total. The fourth-order valence-corrected chi connectivity index (χ4v) is 3.08. The Bertz CT molecular complexity index is 752. The molecule has 0 amide bonds. The van der Waals surface area contributed by atoms with Crippen LogP contribution in [0.5, 0.6) is 11.5 Å². The van der Waals surface area contributed by atoms with Gasteiger partial charge in [-0.1, -0.05) is 29.9 Å². The van der Waals surface area contributed by atoms with Crippen LogP contribution in [0.4, 0.5) is 0 Å². The highest BCUT2D eigenvalue weighted by Gasteiger charge is 2.26. The first-order chi connectivity index (χ1) is 12.3. The minimum atomic E-state index is -1.07. The third-order valence-electron chi connectivity index (χ3n) is 4.54. The number of ether oxygens (including phenoxy) is 1. The maximum absolute atomic E-state index is 11.1. The van der Waals surface area contributed by atoms with Crippen LogP contribution in [-0.2, 0) is 6.42 Å². The van der Waals surface area contributed by atoms with Crippen LogP contribution in [0.15, 0.2) is 47.6 Å². The van der Waals surface area contributed by atoms with Crippen molar-refractivity contribution in [3.63, 3.8) is 0 Å². The highest BCUT2D eigenvalue weighted by molar-refractivity contribution is 5.89. The molecule has 0 radical (unpaired) electrons. The van der Waals surface area contributed by atoms with E-state index in [-0.39, 0.29) is 17.4 Å². The molecule has 0 saturated carbocycles. The Morgan fingerprint density at radius 3 is 2.65 bits per heavy atom. The number of allylic oxidation sites excluding steroid dienone is 4. The lowest BCUT2D eigenvalue weighted by atomic mass is 9.93. The molecular weight excluding hydrogens is 328 g/mol. The van der Waals surface area contributed by atoms with Crippen molar-refractivity contribution in [1.82, 2.24) is 0 Å². The van der Waals surface area contributed by atoms with Gasteiger partial charge in [-0.15, -0.1) is 0 Å². The van der Waals surface area contributed by atoms with Gasteiger partial charge < -0.3 is 14.9 Å². The molecule has 1 heterocycles. The van der Waals surface area contributed by atoms with Crippen molar-refractivity contribution in [2.45, 2.75) is 59.0 Å². The number of fused-ring (bicyclic) bond motifs is 1. The van der Waals surface area contributed by atoms with E-state index in [0.717, 1.165) is 31.3 Å². The van der Waals surface area contributed by atoms with E-state index < -0.39 is 5.97 Å². The molecule has 26 heavy (non-hydrogen) atoms. The van der Waals surface area contributed by atoms with Crippen molar-refractivity contribution in [2.75, 3.05) is 0 Å². The number of benzene rings is 1. The van der Waals surface area contributed by atoms with Gasteiger partial charge >= 0.3 is 5.97 Å². The third-order valence-corrected chi connectivity index (χ3v) is 4.54. The molecule has 4 heteroatoms. The summed E-state index contributed by atoms with van der Waals surface area (Å²) in [6.07, 6.45) is 8.63. The standard InChI is InChI=1S/C22H28O4/c1-14(2)7-5-8-15(3)9-6-10-20-16(4)11-17-12-18(22(24)25)13-19(23)21(17)26-20/h7,9,12-13,20,23H,4-6,8,10-11H2,1-3H3,(H,24,25)/t20-/m0/s1. The SMILES string of the molecule is C=C1Cc2cc(C(=O)O)cc(O)c2O[C@H]1CCC=C(C)CCC=C(C)C. The zero-order chi connectivity index (χ0) is 19.3. The molecule has 1 atom stereocenters. The number of carboxylic acid groups (broad SMARTS) is 1. The smallest absolute Gasteiger partial charge is 0.335 e. The lowest BCUT2D eigenvalue weighted by molar-refractivity contribution is 0.0696. The molecule has 0 aliphatic carbocycles. The van der Waals surface area contributed by atoms with Gasteiger partial charge in [0.15, 0.2) is 11.5 Å². The number of aromatic carboxylic acids is 1. The summed E-state index contributed by atoms with van der Waals surface area (Å²) in [5.74, 6) is -0.799. The van der Waals surface area contributed by atoms with Crippen molar-refractivity contribution in [2.24, 2.45) is 0 Å². The minimum Gasteiger partial charge on any atom is -0.504 e. The number of rotatable bonds is 7. The van der Waals surface area contributed by atoms with Crippen LogP contribution in [-0.4, -0.2) is 22.3 Å². The summed E-state index contributed by atoms with van der Waals surface area (Å²) in [6, 6.07) is 2.78. The Hall–Kier alpha value is -2.49. The molecule has 1 aromatic rings. The molecule has 0 unspecified atom stereocenters. The second-order valence-electron chi connectivity index (χ2n) is 7.18. The second-order valence-corrected chi connectivity index (χ2v) is 7.18. The topological polar surface area (TPSA) is 66.8 Å². The first kappa shape index (κ1) is 19.8. The van der Waals surface area contributed by atoms with Crippen LogP contribution in [0.3, 0.4) is 0 Å². The van der Waals surface area contributed by atoms with Crippen LogP contribution in [0.25, 0.3) is 0 Å². The first-order valence-corrected chi connectivity index (χ1v) is 9.00. The van der Waals surface area contributed by atoms with Gasteiger partial charge in [0.1, 0.15) is 6.10 Å². The number of phenolic OH excluding ortho intramolecular Hbond substituents is 1. The third kappa shape index (κ3) is 5.25. The molecule has 0 saturated heterocycles. The van der Waals surface area contributed by atoms with Crippen molar-refractivity contribution >= 4 is 5.97 Å². The van der Waals surface area contributed by atoms with Crippen molar-refractivity contribution in [3.8, 4) is 11.5 Å². The highest BCUT2D eigenvalue weighted by Crippen LogP contribution is 2.39. The summed E-state index contributed by atoms with van der Waals surface area (Å²) in [6.45, 7) is 10.4. The molecule has 2 N–H and O–H groups in total. The normalized spacial score (nSPS) is 16.7. The molecule has 0 spiro atoms. The van der Waals surface area contributed by atoms with Gasteiger partial charge in [0.05, 0.1) is 5.56 Å². The molecule has 1 aliphatic heterocycles. The number of phenols is 1. The van der Waals surface area contributed by atoms with E-state index in [1.165, 1.54) is 17.2 Å². The molecule has 0 bridgehead atoms. The van der Waals surface area contributed by atoms with Gasteiger partial charge in [-0.05, 0) is 64.2 Å². The van der Waals surface area contributed by atoms with Crippen LogP contribution >= 0.6 is 0 Å². The lowest BCUT2D eigenvalue weighted by Gasteiger charge is -2.29. The molecule has 0 aromatic heterocycles. The predicted octanol–water partition coefficient (Wildman–Crippen LogP) is 5.42. The molecule has 0 fully saturated rings. The Balaban J connectivity index is 1.98. The molecular formula is C22H28O4. The number of carbonyl (C=O) groups is 1. The van der Waals surface area contributed by atoms with Crippen molar-refractivity contribution in [1.29, 1.82) is 0 Å².